The molecule has 0 spiro atoms. The predicted octanol–water partition coefficient (Wildman–Crippen LogP) is 5.40. The number of anilines is 2. The first-order chi connectivity index (χ1) is 17.1. The molecule has 176 valence electrons. The van der Waals surface area contributed by atoms with Gasteiger partial charge in [0.1, 0.15) is 23.0 Å². The molecule has 0 aliphatic carbocycles. The summed E-state index contributed by atoms with van der Waals surface area (Å²) >= 11 is 0. The van der Waals surface area contributed by atoms with Crippen LogP contribution in [0, 0.1) is 0 Å². The van der Waals surface area contributed by atoms with Crippen LogP contribution in [-0.2, 0) is 19.5 Å². The highest BCUT2D eigenvalue weighted by Crippen LogP contribution is 2.33. The van der Waals surface area contributed by atoms with Crippen molar-refractivity contribution in [3.63, 3.8) is 0 Å². The summed E-state index contributed by atoms with van der Waals surface area (Å²) in [5.74, 6) is 2.37. The average molecular weight is 467 g/mol. The van der Waals surface area contributed by atoms with E-state index in [2.05, 4.69) is 46.2 Å². The van der Waals surface area contributed by atoms with Gasteiger partial charge in [-0.3, -0.25) is 0 Å². The molecule has 0 amide bonds. The van der Waals surface area contributed by atoms with Crippen LogP contribution >= 0.6 is 0 Å². The molecule has 0 aromatic heterocycles. The fourth-order valence-corrected chi connectivity index (χ4v) is 4.71. The van der Waals surface area contributed by atoms with Gasteiger partial charge in [-0.2, -0.15) is 0 Å². The van der Waals surface area contributed by atoms with Crippen molar-refractivity contribution in [1.82, 2.24) is 0 Å². The van der Waals surface area contributed by atoms with Gasteiger partial charge >= 0.3 is 0 Å². The van der Waals surface area contributed by atoms with Crippen molar-refractivity contribution in [2.45, 2.75) is 19.5 Å². The first-order valence-electron chi connectivity index (χ1n) is 11.7. The number of nitrogens with zero attached hydrogens (tertiary/aromatic N) is 2. The first-order valence-corrected chi connectivity index (χ1v) is 11.7. The molecule has 2 N–H and O–H groups in total. The molecule has 6 nitrogen and oxygen atoms in total. The molecule has 4 aromatic rings. The predicted molar refractivity (Wildman–Crippen MR) is 135 cm³/mol. The fraction of sp³-hybridized carbons (Fsp3) is 0.172. The van der Waals surface area contributed by atoms with Crippen LogP contribution in [-0.4, -0.2) is 23.7 Å². The fourth-order valence-electron chi connectivity index (χ4n) is 4.71. The average Bonchev–Trinajstić information content (AvgIpc) is 2.89. The molecular formula is C29H26N2O4. The van der Waals surface area contributed by atoms with Gasteiger partial charge in [0.05, 0.1) is 0 Å². The van der Waals surface area contributed by atoms with Crippen molar-refractivity contribution in [3.05, 3.63) is 107 Å². The molecular weight excluding hydrogens is 440 g/mol. The summed E-state index contributed by atoms with van der Waals surface area (Å²) in [6, 6.07) is 27.3. The minimum atomic E-state index is 0.260. The summed E-state index contributed by atoms with van der Waals surface area (Å²) < 4.78 is 12.0. The Morgan fingerprint density at radius 3 is 1.43 bits per heavy atom. The molecule has 2 heterocycles. The zero-order valence-electron chi connectivity index (χ0n) is 19.2. The number of phenolic OH excluding ortho intramolecular Hbond substituents is 2. The standard InChI is InChI=1S/C29H26N2O4/c32-26-7-3-24(4-8-26)30-16-22-14-20(1-11-28(22)34-18-30)13-21-2-12-29-23(15-21)17-31(19-35-29)25-5-9-27(33)10-6-25/h1-12,14-15,32-33H,13,16-19H2. The van der Waals surface area contributed by atoms with Crippen LogP contribution < -0.4 is 19.3 Å². The maximum absolute atomic E-state index is 9.58. The van der Waals surface area contributed by atoms with E-state index in [4.69, 9.17) is 9.47 Å². The van der Waals surface area contributed by atoms with Crippen molar-refractivity contribution in [3.8, 4) is 23.0 Å². The molecule has 2 aliphatic rings. The van der Waals surface area contributed by atoms with Crippen molar-refractivity contribution in [2.24, 2.45) is 0 Å². The number of hydrogen-bond acceptors (Lipinski definition) is 6. The number of benzene rings is 4. The van der Waals surface area contributed by atoms with E-state index < -0.39 is 0 Å². The number of aromatic hydroxyl groups is 2. The van der Waals surface area contributed by atoms with E-state index >= 15 is 0 Å². The van der Waals surface area contributed by atoms with Gasteiger partial charge in [0, 0.05) is 35.6 Å². The van der Waals surface area contributed by atoms with Gasteiger partial charge in [0.25, 0.3) is 0 Å². The number of rotatable bonds is 4. The number of phenols is 2. The third-order valence-corrected chi connectivity index (χ3v) is 6.56. The Morgan fingerprint density at radius 1 is 0.571 bits per heavy atom. The van der Waals surface area contributed by atoms with Crippen molar-refractivity contribution in [1.29, 1.82) is 0 Å². The van der Waals surface area contributed by atoms with Crippen LogP contribution in [0.2, 0.25) is 0 Å². The van der Waals surface area contributed by atoms with Crippen LogP contribution in [0.1, 0.15) is 22.3 Å². The van der Waals surface area contributed by atoms with E-state index in [1.54, 1.807) is 24.3 Å². The second-order valence-electron chi connectivity index (χ2n) is 9.04. The molecule has 0 unspecified atom stereocenters. The van der Waals surface area contributed by atoms with Crippen LogP contribution in [0.25, 0.3) is 0 Å². The number of hydrogen-bond donors (Lipinski definition) is 2. The maximum atomic E-state index is 9.58. The minimum absolute atomic E-state index is 0.260. The van der Waals surface area contributed by atoms with Crippen molar-refractivity contribution < 1.29 is 19.7 Å². The van der Waals surface area contributed by atoms with Crippen LogP contribution in [0.4, 0.5) is 11.4 Å². The number of fused-ring (bicyclic) bond motifs is 2. The van der Waals surface area contributed by atoms with Gasteiger partial charge in [0.15, 0.2) is 13.5 Å². The van der Waals surface area contributed by atoms with Gasteiger partial charge in [-0.15, -0.1) is 0 Å². The second kappa shape index (κ2) is 8.80. The zero-order valence-corrected chi connectivity index (χ0v) is 19.2. The van der Waals surface area contributed by atoms with E-state index in [0.717, 1.165) is 53.5 Å². The monoisotopic (exact) mass is 466 g/mol. The molecule has 0 radical (unpaired) electrons. The molecule has 2 aliphatic heterocycles. The Bertz CT molecular complexity index is 1250. The topological polar surface area (TPSA) is 65.4 Å². The molecule has 35 heavy (non-hydrogen) atoms. The lowest BCUT2D eigenvalue weighted by Gasteiger charge is -2.31. The van der Waals surface area contributed by atoms with E-state index in [-0.39, 0.29) is 11.5 Å². The smallest absolute Gasteiger partial charge is 0.161 e. The summed E-state index contributed by atoms with van der Waals surface area (Å²) in [7, 11) is 0. The van der Waals surface area contributed by atoms with Gasteiger partial charge < -0.3 is 29.5 Å². The molecule has 0 atom stereocenters. The van der Waals surface area contributed by atoms with Crippen LogP contribution in [0.5, 0.6) is 23.0 Å². The molecule has 0 bridgehead atoms. The summed E-state index contributed by atoms with van der Waals surface area (Å²) in [4.78, 5) is 4.30. The van der Waals surface area contributed by atoms with Gasteiger partial charge in [0.2, 0.25) is 0 Å². The Balaban J connectivity index is 1.19. The van der Waals surface area contributed by atoms with Gasteiger partial charge in [-0.1, -0.05) is 12.1 Å². The lowest BCUT2D eigenvalue weighted by molar-refractivity contribution is 0.289. The molecule has 0 saturated carbocycles. The SMILES string of the molecule is Oc1ccc(N2COc3ccc(Cc4ccc5c(c4)CN(c4ccc(O)cc4)CO5)cc3C2)cc1. The third-order valence-electron chi connectivity index (χ3n) is 6.56. The Morgan fingerprint density at radius 2 is 1.00 bits per heavy atom. The largest absolute Gasteiger partial charge is 0.508 e. The lowest BCUT2D eigenvalue weighted by atomic mass is 9.99. The highest BCUT2D eigenvalue weighted by molar-refractivity contribution is 5.54. The molecule has 0 fully saturated rings. The first kappa shape index (κ1) is 21.2. The number of ether oxygens (including phenoxy) is 2. The van der Waals surface area contributed by atoms with E-state index in [0.29, 0.717) is 13.5 Å². The van der Waals surface area contributed by atoms with Crippen molar-refractivity contribution >= 4 is 11.4 Å². The van der Waals surface area contributed by atoms with Gasteiger partial charge in [-0.25, -0.2) is 0 Å². The zero-order chi connectivity index (χ0) is 23.8. The second-order valence-corrected chi connectivity index (χ2v) is 9.04. The Labute approximate surface area is 204 Å². The normalized spacial score (nSPS) is 14.5. The molecule has 6 rings (SSSR count). The molecule has 4 aromatic carbocycles. The minimum Gasteiger partial charge on any atom is -0.508 e. The third kappa shape index (κ3) is 4.43. The van der Waals surface area contributed by atoms with E-state index in [1.165, 1.54) is 11.1 Å². The Hall–Kier alpha value is -4.32. The lowest BCUT2D eigenvalue weighted by Crippen LogP contribution is -2.32. The Kier molecular flexibility index (Phi) is 5.34. The highest BCUT2D eigenvalue weighted by Gasteiger charge is 2.20. The van der Waals surface area contributed by atoms with Crippen LogP contribution in [0.15, 0.2) is 84.9 Å². The molecule has 6 heteroatoms. The summed E-state index contributed by atoms with van der Waals surface area (Å²) in [6.45, 7) is 2.49. The summed E-state index contributed by atoms with van der Waals surface area (Å²) in [5.41, 5.74) is 6.81. The highest BCUT2D eigenvalue weighted by atomic mass is 16.5. The van der Waals surface area contributed by atoms with E-state index in [1.807, 2.05) is 24.3 Å². The van der Waals surface area contributed by atoms with Gasteiger partial charge in [-0.05, 0) is 90.3 Å². The van der Waals surface area contributed by atoms with E-state index in [9.17, 15) is 10.2 Å². The molecule has 0 saturated heterocycles. The van der Waals surface area contributed by atoms with Crippen molar-refractivity contribution in [2.75, 3.05) is 23.3 Å². The quantitative estimate of drug-likeness (QED) is 0.420. The van der Waals surface area contributed by atoms with Crippen LogP contribution in [0.3, 0.4) is 0 Å². The summed E-state index contributed by atoms with van der Waals surface area (Å²) in [6.07, 6.45) is 0.818. The maximum Gasteiger partial charge on any atom is 0.161 e. The summed E-state index contributed by atoms with van der Waals surface area (Å²) in [5, 5.41) is 19.2.